The predicted molar refractivity (Wildman–Crippen MR) is 125 cm³/mol. The number of fused-ring (bicyclic) bond motifs is 1. The van der Waals surface area contributed by atoms with Gasteiger partial charge in [0.05, 0.1) is 20.9 Å². The third-order valence-electron chi connectivity index (χ3n) is 4.52. The summed E-state index contributed by atoms with van der Waals surface area (Å²) in [6, 6.07) is 12.0. The summed E-state index contributed by atoms with van der Waals surface area (Å²) in [7, 11) is 4.14. The van der Waals surface area contributed by atoms with Crippen LogP contribution in [0.1, 0.15) is 11.4 Å². The molecular formula is C22H25N7S. The van der Waals surface area contributed by atoms with Crippen LogP contribution in [0.5, 0.6) is 0 Å². The molecule has 0 spiro atoms. The zero-order valence-electron chi connectivity index (χ0n) is 17.4. The third kappa shape index (κ3) is 5.08. The van der Waals surface area contributed by atoms with Crippen LogP contribution in [0.15, 0.2) is 48.8 Å². The van der Waals surface area contributed by atoms with Crippen LogP contribution in [0.25, 0.3) is 21.5 Å². The van der Waals surface area contributed by atoms with Gasteiger partial charge < -0.3 is 15.5 Å². The number of hydrogen-bond donors (Lipinski definition) is 2. The molecule has 1 aromatic carbocycles. The number of rotatable bonds is 8. The van der Waals surface area contributed by atoms with Crippen molar-refractivity contribution in [3.8, 4) is 11.3 Å². The van der Waals surface area contributed by atoms with Gasteiger partial charge in [-0.2, -0.15) is 4.98 Å². The van der Waals surface area contributed by atoms with Gasteiger partial charge in [0.15, 0.2) is 0 Å². The van der Waals surface area contributed by atoms with Crippen molar-refractivity contribution in [1.29, 1.82) is 0 Å². The monoisotopic (exact) mass is 419 g/mol. The summed E-state index contributed by atoms with van der Waals surface area (Å²) in [5.74, 6) is 1.33. The Morgan fingerprint density at radius 2 is 1.97 bits per heavy atom. The first kappa shape index (κ1) is 20.2. The standard InChI is InChI=1S/C22H25N7S/c1-15-25-19-12-17(7-8-20(19)30-15)26-21-13-18(16-6-4-9-23-14-16)27-22(28-21)24-10-5-11-29(2)3/h4,6-9,12-14H,5,10-11H2,1-3H3,(H2,24,26,27,28). The predicted octanol–water partition coefficient (Wildman–Crippen LogP) is 4.56. The molecule has 0 saturated carbocycles. The van der Waals surface area contributed by atoms with Crippen molar-refractivity contribution in [2.45, 2.75) is 13.3 Å². The number of hydrogen-bond acceptors (Lipinski definition) is 8. The van der Waals surface area contributed by atoms with Gasteiger partial charge in [0, 0.05) is 36.3 Å². The lowest BCUT2D eigenvalue weighted by Gasteiger charge is -2.13. The molecule has 0 fully saturated rings. The summed E-state index contributed by atoms with van der Waals surface area (Å²) in [4.78, 5) is 20.3. The van der Waals surface area contributed by atoms with Gasteiger partial charge >= 0.3 is 0 Å². The van der Waals surface area contributed by atoms with E-state index in [1.54, 1.807) is 17.5 Å². The number of aromatic nitrogens is 4. The fourth-order valence-corrected chi connectivity index (χ4v) is 3.92. The lowest BCUT2D eigenvalue weighted by Crippen LogP contribution is -2.17. The highest BCUT2D eigenvalue weighted by Crippen LogP contribution is 2.27. The summed E-state index contributed by atoms with van der Waals surface area (Å²) >= 11 is 1.70. The van der Waals surface area contributed by atoms with Gasteiger partial charge in [-0.3, -0.25) is 4.98 Å². The number of aryl methyl sites for hydroxylation is 1. The van der Waals surface area contributed by atoms with Gasteiger partial charge in [-0.1, -0.05) is 0 Å². The van der Waals surface area contributed by atoms with Gasteiger partial charge in [-0.15, -0.1) is 11.3 Å². The van der Waals surface area contributed by atoms with Crippen LogP contribution in [-0.2, 0) is 0 Å². The van der Waals surface area contributed by atoms with Crippen LogP contribution in [0, 0.1) is 6.92 Å². The minimum atomic E-state index is 0.600. The Morgan fingerprint density at radius 3 is 2.77 bits per heavy atom. The zero-order valence-corrected chi connectivity index (χ0v) is 18.2. The maximum Gasteiger partial charge on any atom is 0.225 e. The fourth-order valence-electron chi connectivity index (χ4n) is 3.12. The molecule has 0 aliphatic carbocycles. The van der Waals surface area contributed by atoms with Crippen LogP contribution >= 0.6 is 11.3 Å². The van der Waals surface area contributed by atoms with Gasteiger partial charge in [0.2, 0.25) is 5.95 Å². The van der Waals surface area contributed by atoms with Gasteiger partial charge in [-0.25, -0.2) is 9.97 Å². The van der Waals surface area contributed by atoms with Crippen LogP contribution < -0.4 is 10.6 Å². The molecule has 8 heteroatoms. The van der Waals surface area contributed by atoms with Crippen molar-refractivity contribution in [3.63, 3.8) is 0 Å². The second kappa shape index (κ2) is 9.15. The molecule has 0 atom stereocenters. The summed E-state index contributed by atoms with van der Waals surface area (Å²) in [5.41, 5.74) is 3.71. The van der Waals surface area contributed by atoms with Crippen molar-refractivity contribution in [2.24, 2.45) is 0 Å². The van der Waals surface area contributed by atoms with Crippen LogP contribution in [0.3, 0.4) is 0 Å². The molecule has 7 nitrogen and oxygen atoms in total. The van der Waals surface area contributed by atoms with Gasteiger partial charge in [0.25, 0.3) is 0 Å². The molecule has 2 N–H and O–H groups in total. The number of anilines is 3. The highest BCUT2D eigenvalue weighted by Gasteiger charge is 2.09. The summed E-state index contributed by atoms with van der Waals surface area (Å²) < 4.78 is 1.18. The first-order valence-electron chi connectivity index (χ1n) is 9.89. The van der Waals surface area contributed by atoms with E-state index < -0.39 is 0 Å². The third-order valence-corrected chi connectivity index (χ3v) is 5.47. The van der Waals surface area contributed by atoms with Crippen molar-refractivity contribution in [3.05, 3.63) is 53.8 Å². The quantitative estimate of drug-likeness (QED) is 0.405. The average molecular weight is 420 g/mol. The Morgan fingerprint density at radius 1 is 1.07 bits per heavy atom. The van der Waals surface area contributed by atoms with E-state index in [9.17, 15) is 0 Å². The van der Waals surface area contributed by atoms with Crippen molar-refractivity contribution in [1.82, 2.24) is 24.8 Å². The number of thiazole rings is 1. The summed E-state index contributed by atoms with van der Waals surface area (Å²) in [6.07, 6.45) is 4.58. The van der Waals surface area contributed by atoms with Gasteiger partial charge in [-0.05, 0) is 64.3 Å². The van der Waals surface area contributed by atoms with E-state index in [2.05, 4.69) is 67.8 Å². The number of nitrogens with one attached hydrogen (secondary N) is 2. The zero-order chi connectivity index (χ0) is 20.9. The highest BCUT2D eigenvalue weighted by molar-refractivity contribution is 7.18. The van der Waals surface area contributed by atoms with Crippen LogP contribution in [0.2, 0.25) is 0 Å². The van der Waals surface area contributed by atoms with E-state index in [0.717, 1.165) is 52.8 Å². The summed E-state index contributed by atoms with van der Waals surface area (Å²) in [6.45, 7) is 3.84. The molecule has 0 unspecified atom stereocenters. The van der Waals surface area contributed by atoms with E-state index in [0.29, 0.717) is 5.95 Å². The molecule has 3 heterocycles. The Balaban J connectivity index is 1.60. The SMILES string of the molecule is Cc1nc2cc(Nc3cc(-c4cccnc4)nc(NCCCN(C)C)n3)ccc2s1. The highest BCUT2D eigenvalue weighted by atomic mass is 32.1. The average Bonchev–Trinajstić information content (AvgIpc) is 3.11. The molecule has 30 heavy (non-hydrogen) atoms. The van der Waals surface area contributed by atoms with E-state index in [4.69, 9.17) is 0 Å². The normalized spacial score (nSPS) is 11.2. The molecule has 154 valence electrons. The molecule has 0 bridgehead atoms. The first-order chi connectivity index (χ1) is 14.6. The molecule has 4 rings (SSSR count). The molecule has 0 radical (unpaired) electrons. The van der Waals surface area contributed by atoms with E-state index in [-0.39, 0.29) is 0 Å². The van der Waals surface area contributed by atoms with Crippen molar-refractivity contribution < 1.29 is 0 Å². The van der Waals surface area contributed by atoms with E-state index in [1.807, 2.05) is 31.3 Å². The molecule has 3 aromatic heterocycles. The number of pyridine rings is 1. The Hall–Kier alpha value is -3.10. The topological polar surface area (TPSA) is 78.9 Å². The Labute approximate surface area is 180 Å². The number of benzene rings is 1. The molecular weight excluding hydrogens is 394 g/mol. The Bertz CT molecular complexity index is 1130. The first-order valence-corrected chi connectivity index (χ1v) is 10.7. The summed E-state index contributed by atoms with van der Waals surface area (Å²) in [5, 5.41) is 7.82. The smallest absolute Gasteiger partial charge is 0.225 e. The molecule has 4 aromatic rings. The number of nitrogens with zero attached hydrogens (tertiary/aromatic N) is 5. The Kier molecular flexibility index (Phi) is 6.15. The van der Waals surface area contributed by atoms with Crippen LogP contribution in [-0.4, -0.2) is 52.0 Å². The minimum absolute atomic E-state index is 0.600. The van der Waals surface area contributed by atoms with E-state index >= 15 is 0 Å². The van der Waals surface area contributed by atoms with Crippen molar-refractivity contribution >= 4 is 39.0 Å². The molecule has 0 aliphatic heterocycles. The lowest BCUT2D eigenvalue weighted by molar-refractivity contribution is 0.405. The van der Waals surface area contributed by atoms with Gasteiger partial charge in [0.1, 0.15) is 5.82 Å². The minimum Gasteiger partial charge on any atom is -0.354 e. The maximum absolute atomic E-state index is 4.69. The fraction of sp³-hybridized carbons (Fsp3) is 0.273. The second-order valence-corrected chi connectivity index (χ2v) is 8.56. The maximum atomic E-state index is 4.69. The molecule has 0 aliphatic rings. The lowest BCUT2D eigenvalue weighted by atomic mass is 10.2. The largest absolute Gasteiger partial charge is 0.354 e. The van der Waals surface area contributed by atoms with E-state index in [1.165, 1.54) is 4.70 Å². The second-order valence-electron chi connectivity index (χ2n) is 7.33. The molecule has 0 amide bonds. The van der Waals surface area contributed by atoms with Crippen molar-refractivity contribution in [2.75, 3.05) is 37.8 Å². The van der Waals surface area contributed by atoms with Crippen LogP contribution in [0.4, 0.5) is 17.5 Å². The molecule has 0 saturated heterocycles.